The van der Waals surface area contributed by atoms with Crippen LogP contribution in [0.5, 0.6) is 5.75 Å². The highest BCUT2D eigenvalue weighted by atomic mass is 16.5. The molecule has 0 aliphatic heterocycles. The van der Waals surface area contributed by atoms with Gasteiger partial charge in [0, 0.05) is 29.7 Å². The summed E-state index contributed by atoms with van der Waals surface area (Å²) >= 11 is 0. The first-order valence-electron chi connectivity index (χ1n) is 6.22. The predicted octanol–water partition coefficient (Wildman–Crippen LogP) is 3.07. The van der Waals surface area contributed by atoms with E-state index < -0.39 is 5.97 Å². The van der Waals surface area contributed by atoms with E-state index in [9.17, 15) is 4.79 Å². The molecule has 0 saturated carbocycles. The lowest BCUT2D eigenvalue weighted by Gasteiger charge is -2.07. The lowest BCUT2D eigenvalue weighted by atomic mass is 10.2. The van der Waals surface area contributed by atoms with Crippen LogP contribution >= 0.6 is 0 Å². The van der Waals surface area contributed by atoms with Gasteiger partial charge in [0.15, 0.2) is 0 Å². The Bertz CT molecular complexity index is 625. The normalized spacial score (nSPS) is 11.8. The molecule has 0 radical (unpaired) electrons. The fourth-order valence-electron chi connectivity index (χ4n) is 2.10. The summed E-state index contributed by atoms with van der Waals surface area (Å²) in [5.74, 6) is -0.0573. The number of ether oxygens (including phenoxy) is 1. The minimum atomic E-state index is -0.910. The fraction of sp³-hybridized carbons (Fsp3) is 0.267. The molecule has 0 unspecified atom stereocenters. The summed E-state index contributed by atoms with van der Waals surface area (Å²) in [5.41, 5.74) is 1.88. The number of carbonyl (C=O) groups is 1. The largest absolute Gasteiger partial charge is 0.494 e. The predicted molar refractivity (Wildman–Crippen MR) is 74.5 cm³/mol. The zero-order valence-corrected chi connectivity index (χ0v) is 11.1. The minimum Gasteiger partial charge on any atom is -0.494 e. The van der Waals surface area contributed by atoms with Crippen LogP contribution in [0.1, 0.15) is 13.8 Å². The molecule has 1 aromatic heterocycles. The van der Waals surface area contributed by atoms with Gasteiger partial charge in [0.2, 0.25) is 0 Å². The van der Waals surface area contributed by atoms with E-state index in [4.69, 9.17) is 9.84 Å². The highest BCUT2D eigenvalue weighted by molar-refractivity contribution is 5.82. The molecule has 0 saturated heterocycles. The fourth-order valence-corrected chi connectivity index (χ4v) is 2.10. The van der Waals surface area contributed by atoms with Crippen LogP contribution in [0, 0.1) is 0 Å². The monoisotopic (exact) mass is 259 g/mol. The molecule has 1 heterocycles. The van der Waals surface area contributed by atoms with Gasteiger partial charge in [-0.3, -0.25) is 0 Å². The smallest absolute Gasteiger partial charge is 0.328 e. The van der Waals surface area contributed by atoms with Crippen LogP contribution in [-0.2, 0) is 11.3 Å². The van der Waals surface area contributed by atoms with E-state index >= 15 is 0 Å². The summed E-state index contributed by atoms with van der Waals surface area (Å²) in [7, 11) is 0. The van der Waals surface area contributed by atoms with Gasteiger partial charge in [-0.05, 0) is 43.7 Å². The van der Waals surface area contributed by atoms with E-state index in [-0.39, 0.29) is 0 Å². The summed E-state index contributed by atoms with van der Waals surface area (Å²) in [6, 6.07) is 7.92. The lowest BCUT2D eigenvalue weighted by molar-refractivity contribution is -0.131. The number of nitrogens with zero attached hydrogens (tertiary/aromatic N) is 1. The average molecular weight is 259 g/mol. The molecule has 2 rings (SSSR count). The van der Waals surface area contributed by atoms with Crippen molar-refractivity contribution in [2.75, 3.05) is 6.61 Å². The molecule has 0 atom stereocenters. The summed E-state index contributed by atoms with van der Waals surface area (Å²) in [5, 5.41) is 9.81. The van der Waals surface area contributed by atoms with Crippen molar-refractivity contribution in [2.24, 2.45) is 0 Å². The Morgan fingerprint density at radius 3 is 2.89 bits per heavy atom. The molecule has 1 aromatic carbocycles. The van der Waals surface area contributed by atoms with Crippen molar-refractivity contribution in [3.63, 3.8) is 0 Å². The summed E-state index contributed by atoms with van der Waals surface area (Å²) < 4.78 is 7.49. The van der Waals surface area contributed by atoms with Crippen LogP contribution in [-0.4, -0.2) is 22.2 Å². The SMILES string of the molecule is CCOc1ccc2c(ccn2C/C(C)=C/C(=O)O)c1. The number of aromatic nitrogens is 1. The zero-order valence-electron chi connectivity index (χ0n) is 11.1. The molecule has 4 heteroatoms. The minimum absolute atomic E-state index is 0.573. The molecule has 4 nitrogen and oxygen atoms in total. The van der Waals surface area contributed by atoms with Crippen molar-refractivity contribution in [3.8, 4) is 5.75 Å². The number of hydrogen-bond acceptors (Lipinski definition) is 2. The molecule has 1 N–H and O–H groups in total. The number of hydrogen-bond donors (Lipinski definition) is 1. The number of carboxylic acid groups (broad SMARTS) is 1. The third-order valence-electron chi connectivity index (χ3n) is 2.84. The summed E-state index contributed by atoms with van der Waals surface area (Å²) in [6.45, 7) is 4.99. The first kappa shape index (κ1) is 13.2. The van der Waals surface area contributed by atoms with Crippen molar-refractivity contribution < 1.29 is 14.6 Å². The van der Waals surface area contributed by atoms with Crippen molar-refractivity contribution in [1.29, 1.82) is 0 Å². The van der Waals surface area contributed by atoms with Gasteiger partial charge in [-0.1, -0.05) is 0 Å². The van der Waals surface area contributed by atoms with Crippen LogP contribution in [0.2, 0.25) is 0 Å². The molecule has 0 spiro atoms. The van der Waals surface area contributed by atoms with Gasteiger partial charge in [-0.2, -0.15) is 0 Å². The summed E-state index contributed by atoms with van der Waals surface area (Å²) in [4.78, 5) is 10.6. The maximum Gasteiger partial charge on any atom is 0.328 e. The van der Waals surface area contributed by atoms with Crippen molar-refractivity contribution in [2.45, 2.75) is 20.4 Å². The van der Waals surface area contributed by atoms with Gasteiger partial charge in [-0.25, -0.2) is 4.79 Å². The Balaban J connectivity index is 2.28. The third-order valence-corrected chi connectivity index (χ3v) is 2.84. The van der Waals surface area contributed by atoms with E-state index in [1.807, 2.05) is 48.9 Å². The zero-order chi connectivity index (χ0) is 13.8. The van der Waals surface area contributed by atoms with Crippen LogP contribution in [0.3, 0.4) is 0 Å². The van der Waals surface area contributed by atoms with E-state index in [0.29, 0.717) is 13.2 Å². The van der Waals surface area contributed by atoms with Gasteiger partial charge in [-0.15, -0.1) is 0 Å². The Morgan fingerprint density at radius 2 is 2.21 bits per heavy atom. The van der Waals surface area contributed by atoms with E-state index in [0.717, 1.165) is 22.2 Å². The van der Waals surface area contributed by atoms with Crippen LogP contribution < -0.4 is 4.74 Å². The average Bonchev–Trinajstić information content (AvgIpc) is 2.71. The molecule has 2 aromatic rings. The van der Waals surface area contributed by atoms with Crippen LogP contribution in [0.25, 0.3) is 10.9 Å². The highest BCUT2D eigenvalue weighted by Crippen LogP contribution is 2.22. The van der Waals surface area contributed by atoms with Crippen molar-refractivity contribution >= 4 is 16.9 Å². The molecular formula is C15H17NO3. The Morgan fingerprint density at radius 1 is 1.42 bits per heavy atom. The maximum absolute atomic E-state index is 10.6. The third kappa shape index (κ3) is 3.16. The maximum atomic E-state index is 10.6. The second-order valence-corrected chi connectivity index (χ2v) is 4.43. The summed E-state index contributed by atoms with van der Waals surface area (Å²) in [6.07, 6.45) is 3.19. The molecule has 0 amide bonds. The molecular weight excluding hydrogens is 242 g/mol. The molecule has 0 fully saturated rings. The molecule has 0 bridgehead atoms. The topological polar surface area (TPSA) is 51.5 Å². The Kier molecular flexibility index (Phi) is 3.90. The second-order valence-electron chi connectivity index (χ2n) is 4.43. The molecule has 0 aliphatic rings. The Labute approximate surface area is 111 Å². The first-order valence-corrected chi connectivity index (χ1v) is 6.22. The van der Waals surface area contributed by atoms with Crippen molar-refractivity contribution in [1.82, 2.24) is 4.57 Å². The van der Waals surface area contributed by atoms with E-state index in [2.05, 4.69) is 0 Å². The number of fused-ring (bicyclic) bond motifs is 1. The quantitative estimate of drug-likeness (QED) is 0.839. The van der Waals surface area contributed by atoms with Gasteiger partial charge >= 0.3 is 5.97 Å². The number of aliphatic carboxylic acids is 1. The van der Waals surface area contributed by atoms with Gasteiger partial charge < -0.3 is 14.4 Å². The molecule has 19 heavy (non-hydrogen) atoms. The number of allylic oxidation sites excluding steroid dienone is 1. The molecule has 100 valence electrons. The first-order chi connectivity index (χ1) is 9.10. The van der Waals surface area contributed by atoms with Gasteiger partial charge in [0.25, 0.3) is 0 Å². The standard InChI is InChI=1S/C15H17NO3/c1-3-19-13-4-5-14-12(9-13)6-7-16(14)10-11(2)8-15(17)18/h4-9H,3,10H2,1-2H3,(H,17,18)/b11-8+. The number of rotatable bonds is 5. The van der Waals surface area contributed by atoms with Gasteiger partial charge in [0.1, 0.15) is 5.75 Å². The molecule has 0 aliphatic carbocycles. The van der Waals surface area contributed by atoms with Crippen LogP contribution in [0.4, 0.5) is 0 Å². The van der Waals surface area contributed by atoms with Gasteiger partial charge in [0.05, 0.1) is 6.61 Å². The highest BCUT2D eigenvalue weighted by Gasteiger charge is 2.04. The lowest BCUT2D eigenvalue weighted by Crippen LogP contribution is -2.00. The van der Waals surface area contributed by atoms with Crippen LogP contribution in [0.15, 0.2) is 42.1 Å². The van der Waals surface area contributed by atoms with E-state index in [1.165, 1.54) is 6.08 Å². The Hall–Kier alpha value is -2.23. The number of benzene rings is 1. The second kappa shape index (κ2) is 5.61. The van der Waals surface area contributed by atoms with Crippen molar-refractivity contribution in [3.05, 3.63) is 42.1 Å². The number of carboxylic acids is 1. The van der Waals surface area contributed by atoms with E-state index in [1.54, 1.807) is 0 Å².